The van der Waals surface area contributed by atoms with Gasteiger partial charge in [0.1, 0.15) is 5.75 Å². The van der Waals surface area contributed by atoms with E-state index in [1.54, 1.807) is 7.11 Å². The van der Waals surface area contributed by atoms with E-state index in [0.717, 1.165) is 17.7 Å². The van der Waals surface area contributed by atoms with Crippen LogP contribution in [0.1, 0.15) is 12.5 Å². The van der Waals surface area contributed by atoms with Crippen molar-refractivity contribution < 1.29 is 4.74 Å². The SMILES string of the molecule is C=CC(C)NCc1ccc(OC)c2ccccc12. The summed E-state index contributed by atoms with van der Waals surface area (Å²) in [7, 11) is 1.71. The van der Waals surface area contributed by atoms with Gasteiger partial charge in [-0.15, -0.1) is 6.58 Å². The molecule has 0 spiro atoms. The van der Waals surface area contributed by atoms with Crippen molar-refractivity contribution in [3.05, 3.63) is 54.6 Å². The highest BCUT2D eigenvalue weighted by Gasteiger charge is 2.06. The zero-order chi connectivity index (χ0) is 13.0. The van der Waals surface area contributed by atoms with Crippen molar-refractivity contribution in [2.75, 3.05) is 7.11 Å². The molecule has 1 N–H and O–H groups in total. The summed E-state index contributed by atoms with van der Waals surface area (Å²) >= 11 is 0. The maximum absolute atomic E-state index is 5.39. The average Bonchev–Trinajstić information content (AvgIpc) is 2.44. The van der Waals surface area contributed by atoms with Gasteiger partial charge >= 0.3 is 0 Å². The summed E-state index contributed by atoms with van der Waals surface area (Å²) in [5.74, 6) is 0.922. The third-order valence-electron chi connectivity index (χ3n) is 3.16. The molecule has 2 heteroatoms. The first-order chi connectivity index (χ1) is 8.76. The Bertz CT molecular complexity index is 548. The Hall–Kier alpha value is -1.80. The first-order valence-corrected chi connectivity index (χ1v) is 6.17. The van der Waals surface area contributed by atoms with Crippen molar-refractivity contribution in [1.29, 1.82) is 0 Å². The molecule has 94 valence electrons. The van der Waals surface area contributed by atoms with E-state index in [0.29, 0.717) is 6.04 Å². The number of fused-ring (bicyclic) bond motifs is 1. The molecule has 1 unspecified atom stereocenters. The molecule has 0 aliphatic carbocycles. The number of benzene rings is 2. The van der Waals surface area contributed by atoms with Crippen LogP contribution in [0.15, 0.2) is 49.1 Å². The van der Waals surface area contributed by atoms with E-state index in [1.807, 2.05) is 18.2 Å². The normalized spacial score (nSPS) is 12.3. The summed E-state index contributed by atoms with van der Waals surface area (Å²) in [5, 5.41) is 5.81. The van der Waals surface area contributed by atoms with Gasteiger partial charge < -0.3 is 10.1 Å². The van der Waals surface area contributed by atoms with Gasteiger partial charge in [0.25, 0.3) is 0 Å². The summed E-state index contributed by atoms with van der Waals surface area (Å²) in [5.41, 5.74) is 1.28. The van der Waals surface area contributed by atoms with Gasteiger partial charge in [0.2, 0.25) is 0 Å². The second kappa shape index (κ2) is 5.69. The van der Waals surface area contributed by atoms with E-state index < -0.39 is 0 Å². The van der Waals surface area contributed by atoms with Gasteiger partial charge in [0.05, 0.1) is 7.11 Å². The molecule has 2 nitrogen and oxygen atoms in total. The molecular formula is C16H19NO. The Kier molecular flexibility index (Phi) is 4.00. The lowest BCUT2D eigenvalue weighted by Crippen LogP contribution is -2.23. The van der Waals surface area contributed by atoms with E-state index >= 15 is 0 Å². The minimum Gasteiger partial charge on any atom is -0.496 e. The van der Waals surface area contributed by atoms with Crippen molar-refractivity contribution in [2.24, 2.45) is 0 Å². The van der Waals surface area contributed by atoms with Crippen LogP contribution in [-0.2, 0) is 6.54 Å². The summed E-state index contributed by atoms with van der Waals surface area (Å²) in [4.78, 5) is 0. The molecule has 0 radical (unpaired) electrons. The zero-order valence-corrected chi connectivity index (χ0v) is 10.9. The standard InChI is InChI=1S/C16H19NO/c1-4-12(2)17-11-13-9-10-16(18-3)15-8-6-5-7-14(13)15/h4-10,12,17H,1,11H2,2-3H3. The maximum atomic E-state index is 5.39. The highest BCUT2D eigenvalue weighted by Crippen LogP contribution is 2.28. The number of nitrogens with one attached hydrogen (secondary N) is 1. The molecule has 2 aromatic rings. The van der Waals surface area contributed by atoms with Crippen LogP contribution in [0.5, 0.6) is 5.75 Å². The summed E-state index contributed by atoms with van der Waals surface area (Å²) in [6.07, 6.45) is 1.91. The smallest absolute Gasteiger partial charge is 0.126 e. The van der Waals surface area contributed by atoms with Crippen molar-refractivity contribution in [3.8, 4) is 5.75 Å². The van der Waals surface area contributed by atoms with Gasteiger partial charge in [-0.3, -0.25) is 0 Å². The Morgan fingerprint density at radius 2 is 1.94 bits per heavy atom. The maximum Gasteiger partial charge on any atom is 0.126 e. The number of hydrogen-bond donors (Lipinski definition) is 1. The van der Waals surface area contributed by atoms with E-state index in [9.17, 15) is 0 Å². The number of hydrogen-bond acceptors (Lipinski definition) is 2. The quantitative estimate of drug-likeness (QED) is 0.809. The van der Waals surface area contributed by atoms with Gasteiger partial charge in [-0.25, -0.2) is 0 Å². The van der Waals surface area contributed by atoms with E-state index in [1.165, 1.54) is 10.9 Å². The lowest BCUT2D eigenvalue weighted by Gasteiger charge is -2.13. The summed E-state index contributed by atoms with van der Waals surface area (Å²) in [6.45, 7) is 6.71. The summed E-state index contributed by atoms with van der Waals surface area (Å²) in [6, 6.07) is 12.8. The predicted octanol–water partition coefficient (Wildman–Crippen LogP) is 3.51. The molecule has 0 aromatic heterocycles. The molecule has 0 amide bonds. The van der Waals surface area contributed by atoms with Crippen LogP contribution in [0.2, 0.25) is 0 Å². The second-order valence-electron chi connectivity index (χ2n) is 4.38. The molecule has 0 saturated heterocycles. The van der Waals surface area contributed by atoms with Crippen molar-refractivity contribution >= 4 is 10.8 Å². The van der Waals surface area contributed by atoms with E-state index in [2.05, 4.69) is 43.1 Å². The average molecular weight is 241 g/mol. The predicted molar refractivity (Wildman–Crippen MR) is 77.0 cm³/mol. The lowest BCUT2D eigenvalue weighted by atomic mass is 10.0. The van der Waals surface area contributed by atoms with Crippen molar-refractivity contribution in [3.63, 3.8) is 0 Å². The molecule has 0 bridgehead atoms. The third-order valence-corrected chi connectivity index (χ3v) is 3.16. The van der Waals surface area contributed by atoms with Gasteiger partial charge in [0.15, 0.2) is 0 Å². The van der Waals surface area contributed by atoms with E-state index in [4.69, 9.17) is 4.74 Å². The minimum atomic E-state index is 0.311. The fourth-order valence-corrected chi connectivity index (χ4v) is 2.02. The van der Waals surface area contributed by atoms with Crippen LogP contribution in [0.25, 0.3) is 10.8 Å². The highest BCUT2D eigenvalue weighted by atomic mass is 16.5. The summed E-state index contributed by atoms with van der Waals surface area (Å²) < 4.78 is 5.39. The second-order valence-corrected chi connectivity index (χ2v) is 4.38. The van der Waals surface area contributed by atoms with Crippen molar-refractivity contribution in [2.45, 2.75) is 19.5 Å². The van der Waals surface area contributed by atoms with Crippen LogP contribution in [0, 0.1) is 0 Å². The molecule has 1 atom stereocenters. The Balaban J connectivity index is 2.37. The fourth-order valence-electron chi connectivity index (χ4n) is 2.02. The van der Waals surface area contributed by atoms with Gasteiger partial charge in [-0.05, 0) is 23.9 Å². The molecule has 2 rings (SSSR count). The largest absolute Gasteiger partial charge is 0.496 e. The fraction of sp³-hybridized carbons (Fsp3) is 0.250. The third kappa shape index (κ3) is 2.54. The monoisotopic (exact) mass is 241 g/mol. The molecule has 18 heavy (non-hydrogen) atoms. The molecule has 0 fully saturated rings. The molecule has 2 aromatic carbocycles. The minimum absolute atomic E-state index is 0.311. The molecule has 0 aliphatic rings. The Morgan fingerprint density at radius 1 is 1.22 bits per heavy atom. The van der Waals surface area contributed by atoms with Gasteiger partial charge in [-0.2, -0.15) is 0 Å². The van der Waals surface area contributed by atoms with Crippen LogP contribution in [0.4, 0.5) is 0 Å². The highest BCUT2D eigenvalue weighted by molar-refractivity contribution is 5.91. The van der Waals surface area contributed by atoms with Crippen LogP contribution in [0.3, 0.4) is 0 Å². The Morgan fingerprint density at radius 3 is 2.61 bits per heavy atom. The van der Waals surface area contributed by atoms with Crippen molar-refractivity contribution in [1.82, 2.24) is 5.32 Å². The number of methoxy groups -OCH3 is 1. The van der Waals surface area contributed by atoms with Crippen LogP contribution >= 0.6 is 0 Å². The first-order valence-electron chi connectivity index (χ1n) is 6.17. The number of ether oxygens (including phenoxy) is 1. The van der Waals surface area contributed by atoms with Crippen LogP contribution < -0.4 is 10.1 Å². The molecule has 0 saturated carbocycles. The molecule has 0 heterocycles. The molecular weight excluding hydrogens is 222 g/mol. The zero-order valence-electron chi connectivity index (χ0n) is 10.9. The first kappa shape index (κ1) is 12.7. The molecule has 0 aliphatic heterocycles. The number of rotatable bonds is 5. The van der Waals surface area contributed by atoms with Gasteiger partial charge in [-0.1, -0.05) is 36.4 Å². The van der Waals surface area contributed by atoms with E-state index in [-0.39, 0.29) is 0 Å². The van der Waals surface area contributed by atoms with Crippen LogP contribution in [-0.4, -0.2) is 13.2 Å². The topological polar surface area (TPSA) is 21.3 Å². The van der Waals surface area contributed by atoms with Gasteiger partial charge in [0, 0.05) is 18.0 Å². The lowest BCUT2D eigenvalue weighted by molar-refractivity contribution is 0.419. The Labute approximate surface area is 108 Å².